The van der Waals surface area contributed by atoms with Gasteiger partial charge < -0.3 is 14.4 Å². The molecule has 1 saturated carbocycles. The number of carbonyl (C=O) groups is 1. The molecule has 7 nitrogen and oxygen atoms in total. The molecule has 2 aromatic rings. The van der Waals surface area contributed by atoms with Crippen molar-refractivity contribution in [1.82, 2.24) is 4.72 Å². The summed E-state index contributed by atoms with van der Waals surface area (Å²) in [4.78, 5) is 14.5. The van der Waals surface area contributed by atoms with Crippen LogP contribution in [0.1, 0.15) is 30.4 Å². The van der Waals surface area contributed by atoms with E-state index in [0.717, 1.165) is 29.7 Å². The second kappa shape index (κ2) is 8.88. The summed E-state index contributed by atoms with van der Waals surface area (Å²) in [5.74, 6) is 1.65. The molecule has 2 aliphatic rings. The van der Waals surface area contributed by atoms with Crippen molar-refractivity contribution in [3.8, 4) is 11.5 Å². The zero-order valence-electron chi connectivity index (χ0n) is 17.9. The van der Waals surface area contributed by atoms with Crippen LogP contribution in [0.3, 0.4) is 0 Å². The Balaban J connectivity index is 1.35. The molecule has 0 spiro atoms. The average molecular weight is 445 g/mol. The van der Waals surface area contributed by atoms with Crippen LogP contribution in [-0.4, -0.2) is 41.6 Å². The standard InChI is InChI=1S/C23H28N2O5S/c1-29-21-10-5-16(14-22(21)30-2)4-3-12-24-31(27,28)19-8-9-20-18(15-19)11-13-25(20)23(26)17-6-7-17/h5,8-10,14-15,17,24H,3-4,6-7,11-13H2,1-2H3. The van der Waals surface area contributed by atoms with Crippen molar-refractivity contribution in [1.29, 1.82) is 0 Å². The number of hydrogen-bond acceptors (Lipinski definition) is 5. The van der Waals surface area contributed by atoms with E-state index < -0.39 is 10.0 Å². The van der Waals surface area contributed by atoms with Crippen molar-refractivity contribution in [2.75, 3.05) is 32.2 Å². The van der Waals surface area contributed by atoms with Gasteiger partial charge in [0.1, 0.15) is 0 Å². The van der Waals surface area contributed by atoms with E-state index in [0.29, 0.717) is 43.9 Å². The zero-order chi connectivity index (χ0) is 22.0. The molecule has 1 aliphatic heterocycles. The van der Waals surface area contributed by atoms with Crippen molar-refractivity contribution >= 4 is 21.6 Å². The quantitative estimate of drug-likeness (QED) is 0.601. The minimum absolute atomic E-state index is 0.154. The minimum Gasteiger partial charge on any atom is -0.493 e. The summed E-state index contributed by atoms with van der Waals surface area (Å²) in [6.45, 7) is 0.965. The molecule has 1 fully saturated rings. The third kappa shape index (κ3) is 4.70. The van der Waals surface area contributed by atoms with Gasteiger partial charge in [0.15, 0.2) is 11.5 Å². The molecule has 4 rings (SSSR count). The van der Waals surface area contributed by atoms with E-state index in [1.165, 1.54) is 0 Å². The predicted molar refractivity (Wildman–Crippen MR) is 118 cm³/mol. The van der Waals surface area contributed by atoms with Crippen LogP contribution in [-0.2, 0) is 27.7 Å². The summed E-state index contributed by atoms with van der Waals surface area (Å²) in [7, 11) is -0.418. The fourth-order valence-electron chi connectivity index (χ4n) is 3.94. The van der Waals surface area contributed by atoms with Gasteiger partial charge in [-0.25, -0.2) is 13.1 Å². The van der Waals surface area contributed by atoms with Crippen LogP contribution >= 0.6 is 0 Å². The van der Waals surface area contributed by atoms with Gasteiger partial charge in [0, 0.05) is 24.7 Å². The molecular formula is C23H28N2O5S. The number of benzene rings is 2. The Morgan fingerprint density at radius 1 is 1.10 bits per heavy atom. The molecule has 0 saturated heterocycles. The second-order valence-corrected chi connectivity index (χ2v) is 9.76. The van der Waals surface area contributed by atoms with Crippen LogP contribution < -0.4 is 19.1 Å². The first-order valence-corrected chi connectivity index (χ1v) is 12.1. The lowest BCUT2D eigenvalue weighted by atomic mass is 10.1. The molecule has 2 aromatic carbocycles. The molecule has 1 heterocycles. The molecule has 0 radical (unpaired) electrons. The number of aryl methyl sites for hydroxylation is 1. The first-order valence-electron chi connectivity index (χ1n) is 10.6. The summed E-state index contributed by atoms with van der Waals surface area (Å²) in [6, 6.07) is 10.8. The van der Waals surface area contributed by atoms with E-state index in [1.807, 2.05) is 18.2 Å². The third-order valence-electron chi connectivity index (χ3n) is 5.83. The SMILES string of the molecule is COc1ccc(CCCNS(=O)(=O)c2ccc3c(c2)CCN3C(=O)C2CC2)cc1OC. The highest BCUT2D eigenvalue weighted by atomic mass is 32.2. The van der Waals surface area contributed by atoms with E-state index in [4.69, 9.17) is 9.47 Å². The maximum Gasteiger partial charge on any atom is 0.240 e. The largest absolute Gasteiger partial charge is 0.493 e. The molecule has 1 aliphatic carbocycles. The number of nitrogens with one attached hydrogen (secondary N) is 1. The number of ether oxygens (including phenoxy) is 2. The van der Waals surface area contributed by atoms with Gasteiger partial charge in [-0.05, 0) is 73.6 Å². The van der Waals surface area contributed by atoms with Crippen LogP contribution in [0.25, 0.3) is 0 Å². The monoisotopic (exact) mass is 444 g/mol. The number of hydrogen-bond donors (Lipinski definition) is 1. The van der Waals surface area contributed by atoms with Crippen LogP contribution in [0.2, 0.25) is 0 Å². The van der Waals surface area contributed by atoms with E-state index in [2.05, 4.69) is 4.72 Å². The number of amides is 1. The van der Waals surface area contributed by atoms with Crippen molar-refractivity contribution in [3.05, 3.63) is 47.5 Å². The van der Waals surface area contributed by atoms with Gasteiger partial charge in [0.2, 0.25) is 15.9 Å². The van der Waals surface area contributed by atoms with Crippen LogP contribution in [0, 0.1) is 5.92 Å². The van der Waals surface area contributed by atoms with E-state index in [-0.39, 0.29) is 16.7 Å². The first kappa shape index (κ1) is 21.6. The number of carbonyl (C=O) groups excluding carboxylic acids is 1. The smallest absolute Gasteiger partial charge is 0.240 e. The van der Waals surface area contributed by atoms with Gasteiger partial charge >= 0.3 is 0 Å². The Kier molecular flexibility index (Phi) is 6.20. The lowest BCUT2D eigenvalue weighted by molar-refractivity contribution is -0.119. The Bertz CT molecular complexity index is 1080. The summed E-state index contributed by atoms with van der Waals surface area (Å²) in [6.07, 6.45) is 3.99. The highest BCUT2D eigenvalue weighted by Gasteiger charge is 2.36. The molecule has 8 heteroatoms. The highest BCUT2D eigenvalue weighted by molar-refractivity contribution is 7.89. The van der Waals surface area contributed by atoms with Crippen LogP contribution in [0.15, 0.2) is 41.3 Å². The first-order chi connectivity index (χ1) is 14.9. The average Bonchev–Trinajstić information content (AvgIpc) is 3.54. The molecular weight excluding hydrogens is 416 g/mol. The Morgan fingerprint density at radius 3 is 2.58 bits per heavy atom. The van der Waals surface area contributed by atoms with Crippen molar-refractivity contribution in [2.45, 2.75) is 37.0 Å². The topological polar surface area (TPSA) is 84.9 Å². The molecule has 31 heavy (non-hydrogen) atoms. The maximum absolute atomic E-state index is 12.7. The Hall–Kier alpha value is -2.58. The van der Waals surface area contributed by atoms with E-state index >= 15 is 0 Å². The fourth-order valence-corrected chi connectivity index (χ4v) is 5.07. The van der Waals surface area contributed by atoms with Gasteiger partial charge in [-0.3, -0.25) is 4.79 Å². The number of methoxy groups -OCH3 is 2. The molecule has 1 N–H and O–H groups in total. The predicted octanol–water partition coefficient (Wildman–Crippen LogP) is 2.91. The minimum atomic E-state index is -3.60. The molecule has 166 valence electrons. The van der Waals surface area contributed by atoms with Crippen molar-refractivity contribution < 1.29 is 22.7 Å². The highest BCUT2D eigenvalue weighted by Crippen LogP contribution is 2.37. The lowest BCUT2D eigenvalue weighted by Gasteiger charge is -2.17. The van der Waals surface area contributed by atoms with Crippen molar-refractivity contribution in [3.63, 3.8) is 0 Å². The third-order valence-corrected chi connectivity index (χ3v) is 7.29. The summed E-state index contributed by atoms with van der Waals surface area (Å²) < 4.78 is 38.7. The van der Waals surface area contributed by atoms with E-state index in [9.17, 15) is 13.2 Å². The van der Waals surface area contributed by atoms with Gasteiger partial charge in [0.05, 0.1) is 19.1 Å². The summed E-state index contributed by atoms with van der Waals surface area (Å²) in [5.41, 5.74) is 2.82. The van der Waals surface area contributed by atoms with Crippen LogP contribution in [0.4, 0.5) is 5.69 Å². The van der Waals surface area contributed by atoms with E-state index in [1.54, 1.807) is 37.3 Å². The zero-order valence-corrected chi connectivity index (χ0v) is 18.7. The molecule has 1 amide bonds. The Morgan fingerprint density at radius 2 is 1.87 bits per heavy atom. The number of anilines is 1. The molecule has 0 unspecified atom stereocenters. The van der Waals surface area contributed by atoms with Gasteiger partial charge in [0.25, 0.3) is 0 Å². The number of sulfonamides is 1. The lowest BCUT2D eigenvalue weighted by Crippen LogP contribution is -2.30. The van der Waals surface area contributed by atoms with Gasteiger partial charge in [-0.2, -0.15) is 0 Å². The molecule has 0 bridgehead atoms. The fraction of sp³-hybridized carbons (Fsp3) is 0.435. The molecule has 0 aromatic heterocycles. The normalized spacial score (nSPS) is 15.6. The van der Waals surface area contributed by atoms with Gasteiger partial charge in [-0.15, -0.1) is 0 Å². The summed E-state index contributed by atoms with van der Waals surface area (Å²) >= 11 is 0. The number of fused-ring (bicyclic) bond motifs is 1. The van der Waals surface area contributed by atoms with Gasteiger partial charge in [-0.1, -0.05) is 6.07 Å². The summed E-state index contributed by atoms with van der Waals surface area (Å²) in [5, 5.41) is 0. The number of nitrogens with zero attached hydrogens (tertiary/aromatic N) is 1. The maximum atomic E-state index is 12.7. The van der Waals surface area contributed by atoms with Crippen LogP contribution in [0.5, 0.6) is 11.5 Å². The number of rotatable bonds is 9. The molecule has 0 atom stereocenters. The Labute approximate surface area is 183 Å². The second-order valence-electron chi connectivity index (χ2n) is 8.00. The van der Waals surface area contributed by atoms with Crippen molar-refractivity contribution in [2.24, 2.45) is 5.92 Å².